The molecule has 0 unspecified atom stereocenters. The molecule has 2 fully saturated rings. The monoisotopic (exact) mass is 297 g/mol. The van der Waals surface area contributed by atoms with Gasteiger partial charge in [0.1, 0.15) is 9.84 Å². The van der Waals surface area contributed by atoms with Crippen molar-refractivity contribution in [3.05, 3.63) is 0 Å². The van der Waals surface area contributed by atoms with E-state index >= 15 is 0 Å². The fourth-order valence-corrected chi connectivity index (χ4v) is 5.14. The summed E-state index contributed by atoms with van der Waals surface area (Å²) in [7, 11) is -6.43. The van der Waals surface area contributed by atoms with E-state index in [9.17, 15) is 16.8 Å². The van der Waals surface area contributed by atoms with Crippen LogP contribution in [0.2, 0.25) is 0 Å². The van der Waals surface area contributed by atoms with Gasteiger partial charge >= 0.3 is 0 Å². The van der Waals surface area contributed by atoms with E-state index in [2.05, 4.69) is 10.0 Å². The Morgan fingerprint density at radius 1 is 1.11 bits per heavy atom. The van der Waals surface area contributed by atoms with Gasteiger partial charge in [-0.1, -0.05) is 0 Å². The van der Waals surface area contributed by atoms with Gasteiger partial charge in [-0.25, -0.2) is 8.42 Å². The normalized spacial score (nSPS) is 27.1. The van der Waals surface area contributed by atoms with Crippen molar-refractivity contribution >= 4 is 20.0 Å². The van der Waals surface area contributed by atoms with E-state index in [1.165, 1.54) is 4.31 Å². The molecule has 0 aromatic rings. The Morgan fingerprint density at radius 2 is 1.67 bits per heavy atom. The molecule has 18 heavy (non-hydrogen) atoms. The quantitative estimate of drug-likeness (QED) is 0.647. The summed E-state index contributed by atoms with van der Waals surface area (Å²) in [6.45, 7) is 2.22. The zero-order chi connectivity index (χ0) is 13.2. The fraction of sp³-hybridized carbons (Fsp3) is 1.00. The smallest absolute Gasteiger partial charge is 0.279 e. The van der Waals surface area contributed by atoms with Crippen molar-refractivity contribution in [2.24, 2.45) is 0 Å². The zero-order valence-corrected chi connectivity index (χ0v) is 11.8. The van der Waals surface area contributed by atoms with E-state index in [-0.39, 0.29) is 17.5 Å². The van der Waals surface area contributed by atoms with Crippen molar-refractivity contribution in [2.45, 2.75) is 18.9 Å². The molecule has 0 spiro atoms. The molecular formula is C9H19N3O4S2. The molecule has 7 nitrogen and oxygen atoms in total. The van der Waals surface area contributed by atoms with E-state index in [0.29, 0.717) is 39.0 Å². The standard InChI is InChI=1S/C9H19N3O4S2/c13-17(14)7-1-9(2-8-17)11-18(15,16)12-5-3-10-4-6-12/h9-11H,1-8H2. The SMILES string of the molecule is O=S1(=O)CCC(NS(=O)(=O)N2CCNCC2)CC1. The van der Waals surface area contributed by atoms with Gasteiger partial charge in [0.15, 0.2) is 0 Å². The van der Waals surface area contributed by atoms with Gasteiger partial charge in [0, 0.05) is 32.2 Å². The molecule has 106 valence electrons. The first kappa shape index (κ1) is 14.2. The Hall–Kier alpha value is -0.220. The molecule has 0 aliphatic carbocycles. The van der Waals surface area contributed by atoms with Crippen molar-refractivity contribution in [3.63, 3.8) is 0 Å². The Morgan fingerprint density at radius 3 is 2.22 bits per heavy atom. The minimum atomic E-state index is -3.47. The lowest BCUT2D eigenvalue weighted by Crippen LogP contribution is -2.53. The summed E-state index contributed by atoms with van der Waals surface area (Å²) in [5, 5.41) is 3.09. The van der Waals surface area contributed by atoms with Crippen LogP contribution >= 0.6 is 0 Å². The minimum absolute atomic E-state index is 0.0712. The first-order valence-electron chi connectivity index (χ1n) is 6.08. The molecule has 0 atom stereocenters. The number of hydrogen-bond acceptors (Lipinski definition) is 5. The summed E-state index contributed by atoms with van der Waals surface area (Å²) in [5.41, 5.74) is 0. The Balaban J connectivity index is 1.92. The van der Waals surface area contributed by atoms with Crippen LogP contribution in [0.5, 0.6) is 0 Å². The van der Waals surface area contributed by atoms with Crippen molar-refractivity contribution < 1.29 is 16.8 Å². The van der Waals surface area contributed by atoms with Gasteiger partial charge in [-0.15, -0.1) is 0 Å². The molecular weight excluding hydrogens is 278 g/mol. The molecule has 2 aliphatic rings. The van der Waals surface area contributed by atoms with Gasteiger partial charge in [0.05, 0.1) is 11.5 Å². The largest absolute Gasteiger partial charge is 0.314 e. The topological polar surface area (TPSA) is 95.6 Å². The van der Waals surface area contributed by atoms with Crippen molar-refractivity contribution in [1.82, 2.24) is 14.3 Å². The fourth-order valence-electron chi connectivity index (χ4n) is 2.18. The van der Waals surface area contributed by atoms with Gasteiger partial charge in [-0.3, -0.25) is 0 Å². The van der Waals surface area contributed by atoms with E-state index in [1.54, 1.807) is 0 Å². The van der Waals surface area contributed by atoms with E-state index < -0.39 is 20.0 Å². The maximum absolute atomic E-state index is 12.1. The van der Waals surface area contributed by atoms with Crippen LogP contribution < -0.4 is 10.0 Å². The van der Waals surface area contributed by atoms with Gasteiger partial charge in [-0.05, 0) is 12.8 Å². The summed E-state index contributed by atoms with van der Waals surface area (Å²) in [6.07, 6.45) is 0.737. The van der Waals surface area contributed by atoms with E-state index in [0.717, 1.165) is 0 Å². The lowest BCUT2D eigenvalue weighted by molar-refractivity contribution is 0.349. The third kappa shape index (κ3) is 3.64. The van der Waals surface area contributed by atoms with Crippen LogP contribution in [0.25, 0.3) is 0 Å². The average molecular weight is 297 g/mol. The number of rotatable bonds is 3. The predicted octanol–water partition coefficient (Wildman–Crippen LogP) is -1.70. The second kappa shape index (κ2) is 5.41. The molecule has 2 saturated heterocycles. The second-order valence-electron chi connectivity index (χ2n) is 4.70. The second-order valence-corrected chi connectivity index (χ2v) is 8.70. The summed E-state index contributed by atoms with van der Waals surface area (Å²) < 4.78 is 50.7. The molecule has 9 heteroatoms. The minimum Gasteiger partial charge on any atom is -0.314 e. The molecule has 0 radical (unpaired) electrons. The van der Waals surface area contributed by atoms with Crippen LogP contribution in [-0.2, 0) is 20.0 Å². The van der Waals surface area contributed by atoms with Crippen LogP contribution in [0.4, 0.5) is 0 Å². The Kier molecular flexibility index (Phi) is 4.27. The zero-order valence-electron chi connectivity index (χ0n) is 10.1. The molecule has 0 amide bonds. The highest BCUT2D eigenvalue weighted by atomic mass is 32.2. The number of piperazine rings is 1. The van der Waals surface area contributed by atoms with E-state index in [1.807, 2.05) is 0 Å². The molecule has 2 rings (SSSR count). The summed E-state index contributed by atoms with van der Waals surface area (Å²) in [4.78, 5) is 0. The lowest BCUT2D eigenvalue weighted by Gasteiger charge is -2.30. The summed E-state index contributed by atoms with van der Waals surface area (Å²) >= 11 is 0. The van der Waals surface area contributed by atoms with Crippen LogP contribution in [0.1, 0.15) is 12.8 Å². The number of sulfone groups is 1. The van der Waals surface area contributed by atoms with Gasteiger partial charge in [0.25, 0.3) is 10.2 Å². The number of nitrogens with zero attached hydrogens (tertiary/aromatic N) is 1. The van der Waals surface area contributed by atoms with Gasteiger partial charge in [0.2, 0.25) is 0 Å². The van der Waals surface area contributed by atoms with Crippen molar-refractivity contribution in [2.75, 3.05) is 37.7 Å². The van der Waals surface area contributed by atoms with Crippen LogP contribution in [0, 0.1) is 0 Å². The third-order valence-corrected chi connectivity index (χ3v) is 6.68. The Bertz CT molecular complexity index is 468. The van der Waals surface area contributed by atoms with Crippen molar-refractivity contribution in [3.8, 4) is 0 Å². The van der Waals surface area contributed by atoms with E-state index in [4.69, 9.17) is 0 Å². The highest BCUT2D eigenvalue weighted by Crippen LogP contribution is 2.14. The van der Waals surface area contributed by atoms with Crippen LogP contribution in [0.3, 0.4) is 0 Å². The molecule has 0 aromatic heterocycles. The summed E-state index contributed by atoms with van der Waals surface area (Å²) in [5.74, 6) is 0.142. The average Bonchev–Trinajstić information content (AvgIpc) is 2.33. The first-order valence-corrected chi connectivity index (χ1v) is 9.34. The van der Waals surface area contributed by atoms with Crippen molar-refractivity contribution in [1.29, 1.82) is 0 Å². The maximum atomic E-state index is 12.1. The molecule has 2 N–H and O–H groups in total. The Labute approximate surface area is 108 Å². The molecule has 0 saturated carbocycles. The number of nitrogens with one attached hydrogen (secondary N) is 2. The lowest BCUT2D eigenvalue weighted by atomic mass is 10.2. The van der Waals surface area contributed by atoms with Crippen LogP contribution in [0.15, 0.2) is 0 Å². The first-order chi connectivity index (χ1) is 8.39. The predicted molar refractivity (Wildman–Crippen MR) is 68.2 cm³/mol. The third-order valence-electron chi connectivity index (χ3n) is 3.29. The van der Waals surface area contributed by atoms with Crippen LogP contribution in [-0.4, -0.2) is 64.9 Å². The van der Waals surface area contributed by atoms with Gasteiger partial charge in [-0.2, -0.15) is 17.4 Å². The summed E-state index contributed by atoms with van der Waals surface area (Å²) in [6, 6.07) is -0.256. The highest BCUT2D eigenvalue weighted by molar-refractivity contribution is 7.91. The van der Waals surface area contributed by atoms with Gasteiger partial charge < -0.3 is 5.32 Å². The highest BCUT2D eigenvalue weighted by Gasteiger charge is 2.30. The molecule has 0 bridgehead atoms. The maximum Gasteiger partial charge on any atom is 0.279 e. The molecule has 2 heterocycles. The number of hydrogen-bond donors (Lipinski definition) is 2. The molecule has 2 aliphatic heterocycles. The molecule has 0 aromatic carbocycles.